The minimum Gasteiger partial charge on any atom is -0.370 e. The first-order valence-electron chi connectivity index (χ1n) is 7.85. The molecule has 0 spiro atoms. The Hall–Kier alpha value is -2.53. The minimum absolute atomic E-state index is 0.00625. The summed E-state index contributed by atoms with van der Waals surface area (Å²) in [7, 11) is 0. The summed E-state index contributed by atoms with van der Waals surface area (Å²) < 4.78 is 42.8. The number of hydrogen-bond donors (Lipinski definition) is 1. The lowest BCUT2D eigenvalue weighted by molar-refractivity contribution is -0.174. The van der Waals surface area contributed by atoms with Gasteiger partial charge in [-0.25, -0.2) is 15.0 Å². The molecule has 3 heterocycles. The summed E-state index contributed by atoms with van der Waals surface area (Å²) in [5.74, 6) is 1.37. The Morgan fingerprint density at radius 1 is 1.22 bits per heavy atom. The minimum atomic E-state index is -4.38. The van der Waals surface area contributed by atoms with Crippen LogP contribution in [0.3, 0.4) is 0 Å². The van der Waals surface area contributed by atoms with Crippen molar-refractivity contribution in [1.82, 2.24) is 29.7 Å². The number of nitrogens with one attached hydrogen (secondary N) is 1. The van der Waals surface area contributed by atoms with Crippen LogP contribution in [0.5, 0.6) is 0 Å². The second kappa shape index (κ2) is 7.61. The monoisotopic (exact) mass is 401 g/mol. The lowest BCUT2D eigenvalue weighted by atomic mass is 10.3. The zero-order valence-corrected chi connectivity index (χ0v) is 15.1. The standard InChI is InChI=1S/C15H15ClF3N7O/c1-8-11-12(26(25-8)5-6-27-7-15(17,18)19)13(24-14(16)23-11)22-10-3-4-20-9(2)21-10/h3-4H,5-7H2,1-2H3,(H,20,21,22,23,24). The summed E-state index contributed by atoms with van der Waals surface area (Å²) in [6.07, 6.45) is -2.80. The van der Waals surface area contributed by atoms with Crippen LogP contribution in [0, 0.1) is 13.8 Å². The highest BCUT2D eigenvalue weighted by Gasteiger charge is 2.27. The molecule has 0 bridgehead atoms. The normalized spacial score (nSPS) is 11.9. The lowest BCUT2D eigenvalue weighted by Crippen LogP contribution is -2.19. The number of aromatic nitrogens is 6. The fraction of sp³-hybridized carbons (Fsp3) is 0.400. The van der Waals surface area contributed by atoms with Crippen molar-refractivity contribution in [3.05, 3.63) is 29.1 Å². The third-order valence-electron chi connectivity index (χ3n) is 3.46. The lowest BCUT2D eigenvalue weighted by Gasteiger charge is -2.11. The molecular formula is C15H15ClF3N7O. The van der Waals surface area contributed by atoms with Gasteiger partial charge in [-0.15, -0.1) is 0 Å². The average Bonchev–Trinajstić information content (AvgIpc) is 2.87. The van der Waals surface area contributed by atoms with E-state index in [2.05, 4.69) is 35.1 Å². The van der Waals surface area contributed by atoms with Gasteiger partial charge in [0.15, 0.2) is 5.82 Å². The maximum atomic E-state index is 12.2. The van der Waals surface area contributed by atoms with Crippen molar-refractivity contribution in [2.75, 3.05) is 18.5 Å². The van der Waals surface area contributed by atoms with Crippen LogP contribution in [0.25, 0.3) is 11.0 Å². The van der Waals surface area contributed by atoms with E-state index in [0.29, 0.717) is 34.2 Å². The first-order chi connectivity index (χ1) is 12.7. The van der Waals surface area contributed by atoms with Gasteiger partial charge in [-0.2, -0.15) is 23.3 Å². The quantitative estimate of drug-likeness (QED) is 0.501. The molecule has 12 heteroatoms. The Kier molecular flexibility index (Phi) is 5.42. The fourth-order valence-electron chi connectivity index (χ4n) is 2.44. The summed E-state index contributed by atoms with van der Waals surface area (Å²) in [5, 5.41) is 7.34. The molecule has 0 saturated carbocycles. The Morgan fingerprint density at radius 2 is 2.00 bits per heavy atom. The predicted molar refractivity (Wildman–Crippen MR) is 92.0 cm³/mol. The SMILES string of the molecule is Cc1nccc(Nc2nc(Cl)nc3c(C)nn(CCOCC(F)(F)F)c23)n1. The summed E-state index contributed by atoms with van der Waals surface area (Å²) in [4.78, 5) is 16.6. The van der Waals surface area contributed by atoms with Crippen LogP contribution in [0.1, 0.15) is 11.5 Å². The fourth-order valence-corrected chi connectivity index (χ4v) is 2.61. The number of anilines is 2. The van der Waals surface area contributed by atoms with Crippen LogP contribution in [0.4, 0.5) is 24.8 Å². The molecule has 3 aromatic heterocycles. The molecule has 0 unspecified atom stereocenters. The molecule has 0 atom stereocenters. The second-order valence-corrected chi connectivity index (χ2v) is 5.97. The number of fused-ring (bicyclic) bond motifs is 1. The Labute approximate surface area is 156 Å². The average molecular weight is 402 g/mol. The van der Waals surface area contributed by atoms with Crippen LogP contribution in [-0.2, 0) is 11.3 Å². The van der Waals surface area contributed by atoms with Gasteiger partial charge in [-0.05, 0) is 31.5 Å². The molecule has 0 saturated heterocycles. The molecule has 8 nitrogen and oxygen atoms in total. The van der Waals surface area contributed by atoms with E-state index in [-0.39, 0.29) is 18.4 Å². The predicted octanol–water partition coefficient (Wildman–Crippen LogP) is 3.21. The van der Waals surface area contributed by atoms with Gasteiger partial charge in [0.1, 0.15) is 29.3 Å². The van der Waals surface area contributed by atoms with Crippen molar-refractivity contribution < 1.29 is 17.9 Å². The zero-order valence-electron chi connectivity index (χ0n) is 14.4. The number of rotatable bonds is 6. The number of nitrogens with zero attached hydrogens (tertiary/aromatic N) is 6. The highest BCUT2D eigenvalue weighted by Crippen LogP contribution is 2.27. The van der Waals surface area contributed by atoms with Crippen LogP contribution >= 0.6 is 11.6 Å². The van der Waals surface area contributed by atoms with E-state index < -0.39 is 12.8 Å². The third kappa shape index (κ3) is 4.80. The van der Waals surface area contributed by atoms with Crippen molar-refractivity contribution in [2.45, 2.75) is 26.6 Å². The summed E-state index contributed by atoms with van der Waals surface area (Å²) in [6.45, 7) is 2.05. The number of aryl methyl sites for hydroxylation is 2. The van der Waals surface area contributed by atoms with E-state index >= 15 is 0 Å². The van der Waals surface area contributed by atoms with E-state index in [4.69, 9.17) is 11.6 Å². The van der Waals surface area contributed by atoms with Crippen molar-refractivity contribution in [3.63, 3.8) is 0 Å². The van der Waals surface area contributed by atoms with Crippen molar-refractivity contribution >= 4 is 34.3 Å². The molecule has 1 N–H and O–H groups in total. The summed E-state index contributed by atoms with van der Waals surface area (Å²) in [6, 6.07) is 1.65. The molecule has 0 radical (unpaired) electrons. The van der Waals surface area contributed by atoms with Crippen molar-refractivity contribution in [2.24, 2.45) is 0 Å². The Morgan fingerprint density at radius 3 is 2.70 bits per heavy atom. The van der Waals surface area contributed by atoms with Crippen LogP contribution in [0.15, 0.2) is 12.3 Å². The molecular weight excluding hydrogens is 387 g/mol. The Balaban J connectivity index is 1.90. The molecule has 0 amide bonds. The number of alkyl halides is 3. The highest BCUT2D eigenvalue weighted by molar-refractivity contribution is 6.28. The first-order valence-corrected chi connectivity index (χ1v) is 8.22. The van der Waals surface area contributed by atoms with E-state index in [1.54, 1.807) is 26.1 Å². The van der Waals surface area contributed by atoms with Crippen molar-refractivity contribution in [3.8, 4) is 0 Å². The van der Waals surface area contributed by atoms with Gasteiger partial charge in [0.25, 0.3) is 0 Å². The first kappa shape index (κ1) is 19.2. The third-order valence-corrected chi connectivity index (χ3v) is 3.63. The van der Waals surface area contributed by atoms with Crippen LogP contribution in [-0.4, -0.2) is 49.1 Å². The van der Waals surface area contributed by atoms with Gasteiger partial charge in [-0.1, -0.05) is 0 Å². The summed E-state index contributed by atoms with van der Waals surface area (Å²) in [5.41, 5.74) is 1.54. The van der Waals surface area contributed by atoms with Gasteiger partial charge >= 0.3 is 6.18 Å². The number of hydrogen-bond acceptors (Lipinski definition) is 7. The van der Waals surface area contributed by atoms with Gasteiger partial charge in [-0.3, -0.25) is 4.68 Å². The van der Waals surface area contributed by atoms with Gasteiger partial charge in [0.05, 0.1) is 18.8 Å². The molecule has 0 aliphatic heterocycles. The van der Waals surface area contributed by atoms with E-state index in [9.17, 15) is 13.2 Å². The number of ether oxygens (including phenoxy) is 1. The van der Waals surface area contributed by atoms with Crippen LogP contribution < -0.4 is 5.32 Å². The highest BCUT2D eigenvalue weighted by atomic mass is 35.5. The topological polar surface area (TPSA) is 90.6 Å². The smallest absolute Gasteiger partial charge is 0.370 e. The molecule has 27 heavy (non-hydrogen) atoms. The van der Waals surface area contributed by atoms with E-state index in [1.165, 1.54) is 4.68 Å². The second-order valence-electron chi connectivity index (χ2n) is 5.63. The van der Waals surface area contributed by atoms with Gasteiger partial charge < -0.3 is 10.1 Å². The largest absolute Gasteiger partial charge is 0.411 e. The maximum absolute atomic E-state index is 12.2. The van der Waals surface area contributed by atoms with Gasteiger partial charge in [0.2, 0.25) is 5.28 Å². The summed E-state index contributed by atoms with van der Waals surface area (Å²) >= 11 is 6.00. The Bertz CT molecular complexity index is 960. The van der Waals surface area contributed by atoms with Crippen molar-refractivity contribution in [1.29, 1.82) is 0 Å². The molecule has 3 aromatic rings. The van der Waals surface area contributed by atoms with E-state index in [0.717, 1.165) is 0 Å². The molecule has 144 valence electrons. The zero-order chi connectivity index (χ0) is 19.6. The number of halogens is 4. The molecule has 0 aliphatic rings. The molecule has 3 rings (SSSR count). The van der Waals surface area contributed by atoms with Crippen LogP contribution in [0.2, 0.25) is 5.28 Å². The molecule has 0 aliphatic carbocycles. The molecule has 0 aromatic carbocycles. The van der Waals surface area contributed by atoms with E-state index in [1.807, 2.05) is 0 Å². The maximum Gasteiger partial charge on any atom is 0.411 e. The van der Waals surface area contributed by atoms with Gasteiger partial charge in [0, 0.05) is 6.20 Å². The molecule has 0 fully saturated rings.